The maximum absolute atomic E-state index is 11.8. The molecule has 4 heterocycles. The number of aliphatic imine (C=N–C) groups is 2. The number of ether oxygens (including phenoxy) is 1. The van der Waals surface area contributed by atoms with E-state index in [1.165, 1.54) is 7.05 Å². The Morgan fingerprint density at radius 2 is 2.17 bits per heavy atom. The van der Waals surface area contributed by atoms with Crippen molar-refractivity contribution in [2.24, 2.45) is 9.98 Å². The second-order valence-corrected chi connectivity index (χ2v) is 5.92. The molecule has 24 heavy (non-hydrogen) atoms. The van der Waals surface area contributed by atoms with Gasteiger partial charge in [0.15, 0.2) is 11.7 Å². The van der Waals surface area contributed by atoms with Crippen LogP contribution < -0.4 is 10.2 Å². The van der Waals surface area contributed by atoms with Crippen LogP contribution in [-0.2, 0) is 9.53 Å². The Balaban J connectivity index is 1.61. The smallest absolute Gasteiger partial charge is 0.407 e. The first-order valence-corrected chi connectivity index (χ1v) is 7.70. The van der Waals surface area contributed by atoms with Gasteiger partial charge in [0.05, 0.1) is 25.0 Å². The number of nitrogens with one attached hydrogen (secondary N) is 1. The molecule has 1 N–H and O–H groups in total. The maximum atomic E-state index is 11.8. The van der Waals surface area contributed by atoms with Crippen LogP contribution in [0.2, 0.25) is 5.15 Å². The van der Waals surface area contributed by atoms with Gasteiger partial charge in [0.2, 0.25) is 0 Å². The van der Waals surface area contributed by atoms with E-state index >= 15 is 0 Å². The maximum Gasteiger partial charge on any atom is 0.407 e. The van der Waals surface area contributed by atoms with Gasteiger partial charge >= 0.3 is 6.09 Å². The zero-order chi connectivity index (χ0) is 16.8. The topological polar surface area (TPSA) is 99.5 Å². The summed E-state index contributed by atoms with van der Waals surface area (Å²) in [5, 5.41) is 2.74. The molecule has 1 aromatic heterocycles. The molecule has 0 spiro atoms. The molecule has 0 radical (unpaired) electrons. The molecule has 0 bridgehead atoms. The average molecular weight is 349 g/mol. The molecule has 1 aromatic rings. The SMILES string of the molecule is CNC(=O)OC1CN(C2=Nc3cnc(Cl)cc3N3CC(=O)N=C23)C1. The minimum Gasteiger partial charge on any atom is -0.442 e. The largest absolute Gasteiger partial charge is 0.442 e. The highest BCUT2D eigenvalue weighted by Crippen LogP contribution is 2.36. The molecule has 2 amide bonds. The van der Waals surface area contributed by atoms with E-state index in [0.717, 1.165) is 0 Å². The van der Waals surface area contributed by atoms with Gasteiger partial charge in [-0.2, -0.15) is 4.99 Å². The monoisotopic (exact) mass is 348 g/mol. The molecule has 0 atom stereocenters. The Morgan fingerprint density at radius 1 is 1.38 bits per heavy atom. The fourth-order valence-electron chi connectivity index (χ4n) is 2.78. The second kappa shape index (κ2) is 5.45. The Morgan fingerprint density at radius 3 is 2.92 bits per heavy atom. The van der Waals surface area contributed by atoms with Crippen molar-refractivity contribution in [2.45, 2.75) is 6.10 Å². The van der Waals surface area contributed by atoms with Crippen molar-refractivity contribution in [3.63, 3.8) is 0 Å². The first kappa shape index (κ1) is 14.9. The van der Waals surface area contributed by atoms with Crippen LogP contribution >= 0.6 is 11.6 Å². The number of pyridine rings is 1. The van der Waals surface area contributed by atoms with Gasteiger partial charge in [0, 0.05) is 13.1 Å². The molecular formula is C14H13ClN6O3. The van der Waals surface area contributed by atoms with Crippen LogP contribution in [-0.4, -0.2) is 66.3 Å². The summed E-state index contributed by atoms with van der Waals surface area (Å²) < 4.78 is 5.18. The molecule has 124 valence electrons. The summed E-state index contributed by atoms with van der Waals surface area (Å²) in [6.07, 6.45) is 0.878. The molecule has 0 aliphatic carbocycles. The van der Waals surface area contributed by atoms with Gasteiger partial charge in [-0.1, -0.05) is 11.6 Å². The first-order chi connectivity index (χ1) is 11.5. The number of amides is 2. The number of aromatic nitrogens is 1. The number of nitrogens with zero attached hydrogens (tertiary/aromatic N) is 5. The van der Waals surface area contributed by atoms with Crippen LogP contribution in [0.15, 0.2) is 22.2 Å². The molecule has 4 rings (SSSR count). The number of alkyl carbamates (subject to hydrolysis) is 1. The number of anilines is 1. The van der Waals surface area contributed by atoms with Crippen molar-refractivity contribution in [2.75, 3.05) is 31.6 Å². The molecule has 1 saturated heterocycles. The van der Waals surface area contributed by atoms with Gasteiger partial charge in [0.25, 0.3) is 5.91 Å². The third kappa shape index (κ3) is 2.37. The van der Waals surface area contributed by atoms with Crippen molar-refractivity contribution in [3.8, 4) is 0 Å². The predicted octanol–water partition coefficient (Wildman–Crippen LogP) is 0.564. The summed E-state index contributed by atoms with van der Waals surface area (Å²) in [7, 11) is 1.51. The number of halogens is 1. The van der Waals surface area contributed by atoms with Crippen molar-refractivity contribution in [1.82, 2.24) is 15.2 Å². The Labute approximate surface area is 142 Å². The molecule has 1 fully saturated rings. The van der Waals surface area contributed by atoms with E-state index in [1.54, 1.807) is 17.2 Å². The lowest BCUT2D eigenvalue weighted by atomic mass is 10.1. The molecule has 0 saturated carbocycles. The highest BCUT2D eigenvalue weighted by Gasteiger charge is 2.41. The molecule has 9 nitrogen and oxygen atoms in total. The van der Waals surface area contributed by atoms with E-state index < -0.39 is 6.09 Å². The zero-order valence-electron chi connectivity index (χ0n) is 12.7. The summed E-state index contributed by atoms with van der Waals surface area (Å²) in [5.41, 5.74) is 1.33. The van der Waals surface area contributed by atoms with Crippen LogP contribution in [0, 0.1) is 0 Å². The van der Waals surface area contributed by atoms with Gasteiger partial charge in [-0.15, -0.1) is 0 Å². The summed E-state index contributed by atoms with van der Waals surface area (Å²) in [4.78, 5) is 39.4. The number of hydrogen-bond donors (Lipinski definition) is 1. The minimum absolute atomic E-state index is 0.147. The van der Waals surface area contributed by atoms with Crippen molar-refractivity contribution in [1.29, 1.82) is 0 Å². The van der Waals surface area contributed by atoms with Crippen LogP contribution in [0.5, 0.6) is 0 Å². The normalized spacial score (nSPS) is 19.2. The Kier molecular flexibility index (Phi) is 3.38. The lowest BCUT2D eigenvalue weighted by Crippen LogP contribution is -2.59. The van der Waals surface area contributed by atoms with E-state index in [-0.39, 0.29) is 18.6 Å². The highest BCUT2D eigenvalue weighted by molar-refractivity contribution is 6.50. The standard InChI is InChI=1S/C14H13ClN6O3/c1-16-14(23)24-7-4-20(5-7)12-13-19-11(22)6-21(13)9-2-10(15)17-3-8(9)18-12/h2-3,7H,4-6H2,1H3,(H,16,23). The minimum atomic E-state index is -0.468. The summed E-state index contributed by atoms with van der Waals surface area (Å²) in [6, 6.07) is 1.67. The molecular weight excluding hydrogens is 336 g/mol. The number of amidine groups is 2. The van der Waals surface area contributed by atoms with E-state index in [9.17, 15) is 9.59 Å². The van der Waals surface area contributed by atoms with Gasteiger partial charge < -0.3 is 19.9 Å². The molecule has 0 unspecified atom stereocenters. The molecule has 3 aliphatic heterocycles. The summed E-state index contributed by atoms with van der Waals surface area (Å²) >= 11 is 5.95. The zero-order valence-corrected chi connectivity index (χ0v) is 13.4. The van der Waals surface area contributed by atoms with Gasteiger partial charge in [-0.05, 0) is 0 Å². The predicted molar refractivity (Wildman–Crippen MR) is 87.0 cm³/mol. The number of rotatable bonds is 1. The van der Waals surface area contributed by atoms with Gasteiger partial charge in [-0.3, -0.25) is 4.79 Å². The Bertz CT molecular complexity index is 802. The van der Waals surface area contributed by atoms with Crippen molar-refractivity contribution < 1.29 is 14.3 Å². The second-order valence-electron chi connectivity index (χ2n) is 5.53. The number of fused-ring (bicyclic) bond motifs is 3. The Hall–Kier alpha value is -2.68. The number of likely N-dealkylation sites (tertiary alicyclic amines) is 1. The van der Waals surface area contributed by atoms with E-state index in [2.05, 4.69) is 20.3 Å². The molecule has 0 aromatic carbocycles. The number of carbonyl (C=O) groups is 2. The number of hydrogen-bond acceptors (Lipinski definition) is 7. The lowest BCUT2D eigenvalue weighted by Gasteiger charge is -2.42. The average Bonchev–Trinajstić information content (AvgIpc) is 2.92. The van der Waals surface area contributed by atoms with Crippen molar-refractivity contribution >= 4 is 46.6 Å². The lowest BCUT2D eigenvalue weighted by molar-refractivity contribution is -0.115. The fourth-order valence-corrected chi connectivity index (χ4v) is 2.93. The van der Waals surface area contributed by atoms with E-state index in [0.29, 0.717) is 41.3 Å². The summed E-state index contributed by atoms with van der Waals surface area (Å²) in [5.74, 6) is 0.833. The number of carbonyl (C=O) groups excluding carboxylic acids is 2. The van der Waals surface area contributed by atoms with E-state index in [1.807, 2.05) is 4.90 Å². The third-order valence-corrected chi connectivity index (χ3v) is 4.16. The van der Waals surface area contributed by atoms with E-state index in [4.69, 9.17) is 16.3 Å². The van der Waals surface area contributed by atoms with Crippen molar-refractivity contribution in [3.05, 3.63) is 17.4 Å². The van der Waals surface area contributed by atoms with Crippen LogP contribution in [0.3, 0.4) is 0 Å². The highest BCUT2D eigenvalue weighted by atomic mass is 35.5. The van der Waals surface area contributed by atoms with Gasteiger partial charge in [0.1, 0.15) is 23.5 Å². The summed E-state index contributed by atoms with van der Waals surface area (Å²) in [6.45, 7) is 1.13. The quantitative estimate of drug-likeness (QED) is 0.745. The molecule has 3 aliphatic rings. The first-order valence-electron chi connectivity index (χ1n) is 7.32. The van der Waals surface area contributed by atoms with Gasteiger partial charge in [-0.25, -0.2) is 14.8 Å². The third-order valence-electron chi connectivity index (χ3n) is 3.95. The van der Waals surface area contributed by atoms with Crippen LogP contribution in [0.4, 0.5) is 16.2 Å². The van der Waals surface area contributed by atoms with Crippen LogP contribution in [0.1, 0.15) is 0 Å². The molecule has 10 heteroatoms. The van der Waals surface area contributed by atoms with Crippen LogP contribution in [0.25, 0.3) is 0 Å². The fraction of sp³-hybridized carbons (Fsp3) is 0.357.